The predicted molar refractivity (Wildman–Crippen MR) is 47.5 cm³/mol. The lowest BCUT2D eigenvalue weighted by atomic mass is 10.1. The van der Waals surface area contributed by atoms with Gasteiger partial charge in [0, 0.05) is 0 Å². The third kappa shape index (κ3) is 3.09. The first-order valence-electron chi connectivity index (χ1n) is 2.62. The molecule has 0 unspecified atom stereocenters. The molecule has 11 heavy (non-hydrogen) atoms. The summed E-state index contributed by atoms with van der Waals surface area (Å²) < 4.78 is 36.9. The van der Waals surface area contributed by atoms with Crippen LogP contribution in [0.25, 0.3) is 0 Å². The largest absolute Gasteiger partial charge is 0.416 e. The van der Waals surface area contributed by atoms with Crippen molar-refractivity contribution < 1.29 is 13.2 Å². The molecule has 0 atom stereocenters. The Balaban J connectivity index is 4.62. The van der Waals surface area contributed by atoms with Crippen molar-refractivity contribution in [3.8, 4) is 0 Å². The van der Waals surface area contributed by atoms with Crippen LogP contribution < -0.4 is 0 Å². The molecule has 0 nitrogen and oxygen atoms in total. The van der Waals surface area contributed by atoms with Gasteiger partial charge in [-0.05, 0) is 9.66 Å². The molecule has 62 valence electrons. The van der Waals surface area contributed by atoms with E-state index in [9.17, 15) is 13.2 Å². The van der Waals surface area contributed by atoms with Gasteiger partial charge < -0.3 is 0 Å². The molecule has 0 rings (SSSR count). The van der Waals surface area contributed by atoms with Crippen LogP contribution >= 0.6 is 22.6 Å². The first kappa shape index (κ1) is 10.7. The maximum atomic E-state index is 11.9. The van der Waals surface area contributed by atoms with E-state index in [4.69, 9.17) is 0 Å². The van der Waals surface area contributed by atoms with Crippen LogP contribution in [-0.2, 0) is 0 Å². The summed E-state index contributed by atoms with van der Waals surface area (Å²) >= 11 is 1.71. The SMILES string of the molecule is C=C/C(=C\I)C(=C)C(F)(F)F. The number of hydrogen-bond acceptors (Lipinski definition) is 0. The van der Waals surface area contributed by atoms with Crippen molar-refractivity contribution in [3.05, 3.63) is 34.5 Å². The van der Waals surface area contributed by atoms with Crippen molar-refractivity contribution >= 4 is 22.6 Å². The molecule has 0 amide bonds. The molecule has 0 bridgehead atoms. The molecule has 0 saturated carbocycles. The molecule has 0 radical (unpaired) electrons. The van der Waals surface area contributed by atoms with Crippen LogP contribution in [-0.4, -0.2) is 6.18 Å². The van der Waals surface area contributed by atoms with Crippen molar-refractivity contribution in [2.24, 2.45) is 0 Å². The van der Waals surface area contributed by atoms with E-state index < -0.39 is 11.7 Å². The van der Waals surface area contributed by atoms with Gasteiger partial charge in [-0.3, -0.25) is 0 Å². The van der Waals surface area contributed by atoms with E-state index in [1.54, 1.807) is 22.6 Å². The van der Waals surface area contributed by atoms with Gasteiger partial charge in [0.1, 0.15) is 0 Å². The smallest absolute Gasteiger partial charge is 0.166 e. The van der Waals surface area contributed by atoms with Crippen LogP contribution in [0.5, 0.6) is 0 Å². The van der Waals surface area contributed by atoms with Gasteiger partial charge in [0.15, 0.2) is 0 Å². The lowest BCUT2D eigenvalue weighted by molar-refractivity contribution is -0.0885. The lowest BCUT2D eigenvalue weighted by Gasteiger charge is -2.09. The normalized spacial score (nSPS) is 12.9. The summed E-state index contributed by atoms with van der Waals surface area (Å²) in [4.78, 5) is 0. The molecule has 0 aromatic rings. The van der Waals surface area contributed by atoms with Gasteiger partial charge in [-0.25, -0.2) is 0 Å². The molecule has 0 aromatic carbocycles. The second-order valence-corrected chi connectivity index (χ2v) is 2.37. The highest BCUT2D eigenvalue weighted by Crippen LogP contribution is 2.30. The summed E-state index contributed by atoms with van der Waals surface area (Å²) in [5.74, 6) is 0. The molecule has 0 fully saturated rings. The van der Waals surface area contributed by atoms with E-state index in [-0.39, 0.29) is 5.57 Å². The fourth-order valence-electron chi connectivity index (χ4n) is 0.397. The Morgan fingerprint density at radius 2 is 1.82 bits per heavy atom. The maximum absolute atomic E-state index is 11.9. The predicted octanol–water partition coefficient (Wildman–Crippen LogP) is 3.61. The molecule has 0 saturated heterocycles. The van der Waals surface area contributed by atoms with Gasteiger partial charge in [0.25, 0.3) is 0 Å². The van der Waals surface area contributed by atoms with Crippen LogP contribution in [0.3, 0.4) is 0 Å². The number of hydrogen-bond donors (Lipinski definition) is 0. The van der Waals surface area contributed by atoms with Crippen molar-refractivity contribution in [3.63, 3.8) is 0 Å². The molecule has 4 heteroatoms. The van der Waals surface area contributed by atoms with E-state index in [1.165, 1.54) is 4.08 Å². The molecule has 0 aromatic heterocycles. The highest BCUT2D eigenvalue weighted by molar-refractivity contribution is 14.1. The minimum absolute atomic E-state index is 0.0121. The molecular weight excluding hydrogens is 268 g/mol. The zero-order valence-electron chi connectivity index (χ0n) is 5.58. The zero-order chi connectivity index (χ0) is 9.07. The number of alkyl halides is 3. The minimum atomic E-state index is -4.36. The Bertz CT molecular complexity index is 200. The van der Waals surface area contributed by atoms with E-state index in [0.29, 0.717) is 0 Å². The quantitative estimate of drug-likeness (QED) is 0.533. The summed E-state index contributed by atoms with van der Waals surface area (Å²) in [5.41, 5.74) is -0.847. The number of allylic oxidation sites excluding steroid dienone is 3. The van der Waals surface area contributed by atoms with Gasteiger partial charge >= 0.3 is 6.18 Å². The molecule has 0 N–H and O–H groups in total. The highest BCUT2D eigenvalue weighted by Gasteiger charge is 2.32. The Labute approximate surface area is 76.6 Å². The minimum Gasteiger partial charge on any atom is -0.166 e. The fraction of sp³-hybridized carbons (Fsp3) is 0.143. The molecule has 0 aliphatic carbocycles. The monoisotopic (exact) mass is 274 g/mol. The Morgan fingerprint density at radius 1 is 1.36 bits per heavy atom. The average molecular weight is 274 g/mol. The van der Waals surface area contributed by atoms with Crippen molar-refractivity contribution in [2.75, 3.05) is 0 Å². The molecule has 0 spiro atoms. The first-order valence-corrected chi connectivity index (χ1v) is 3.87. The second kappa shape index (κ2) is 3.94. The number of halogens is 4. The van der Waals surface area contributed by atoms with Crippen LogP contribution in [0, 0.1) is 0 Å². The van der Waals surface area contributed by atoms with Gasteiger partial charge in [0.2, 0.25) is 0 Å². The Hall–Kier alpha value is -0.260. The Morgan fingerprint density at radius 3 is 1.91 bits per heavy atom. The van der Waals surface area contributed by atoms with Gasteiger partial charge in [-0.15, -0.1) is 0 Å². The van der Waals surface area contributed by atoms with Crippen LogP contribution in [0.1, 0.15) is 0 Å². The third-order valence-corrected chi connectivity index (χ3v) is 1.70. The van der Waals surface area contributed by atoms with Crippen LogP contribution in [0.4, 0.5) is 13.2 Å². The highest BCUT2D eigenvalue weighted by atomic mass is 127. The molecule has 0 heterocycles. The summed E-state index contributed by atoms with van der Waals surface area (Å²) in [6.07, 6.45) is -3.23. The summed E-state index contributed by atoms with van der Waals surface area (Å²) in [6.45, 7) is 6.13. The van der Waals surface area contributed by atoms with Gasteiger partial charge in [-0.1, -0.05) is 41.8 Å². The van der Waals surface area contributed by atoms with Gasteiger partial charge in [0.05, 0.1) is 5.57 Å². The summed E-state index contributed by atoms with van der Waals surface area (Å²) in [5, 5.41) is 0. The lowest BCUT2D eigenvalue weighted by Crippen LogP contribution is -2.11. The van der Waals surface area contributed by atoms with E-state index in [0.717, 1.165) is 6.08 Å². The van der Waals surface area contributed by atoms with Crippen molar-refractivity contribution in [2.45, 2.75) is 6.18 Å². The topological polar surface area (TPSA) is 0 Å². The molecular formula is C7H6F3I. The second-order valence-electron chi connectivity index (χ2n) is 1.74. The fourth-order valence-corrected chi connectivity index (χ4v) is 1.03. The van der Waals surface area contributed by atoms with Crippen LogP contribution in [0.2, 0.25) is 0 Å². The summed E-state index contributed by atoms with van der Waals surface area (Å²) in [7, 11) is 0. The van der Waals surface area contributed by atoms with E-state index in [1.807, 2.05) is 0 Å². The maximum Gasteiger partial charge on any atom is 0.416 e. The Kier molecular flexibility index (Phi) is 3.85. The molecule has 0 aliphatic heterocycles. The first-order chi connectivity index (χ1) is 4.93. The average Bonchev–Trinajstić information content (AvgIpc) is 1.88. The zero-order valence-corrected chi connectivity index (χ0v) is 7.74. The van der Waals surface area contributed by atoms with E-state index >= 15 is 0 Å². The van der Waals surface area contributed by atoms with Gasteiger partial charge in [-0.2, -0.15) is 13.2 Å². The third-order valence-electron chi connectivity index (χ3n) is 1.03. The van der Waals surface area contributed by atoms with Crippen LogP contribution in [0.15, 0.2) is 34.5 Å². The standard InChI is InChI=1S/C7H6F3I/c1-3-6(4-11)5(2)7(8,9)10/h3-4H,1-2H2/b6-4+. The molecule has 0 aliphatic rings. The number of rotatable bonds is 2. The van der Waals surface area contributed by atoms with E-state index in [2.05, 4.69) is 13.2 Å². The van der Waals surface area contributed by atoms with Crippen molar-refractivity contribution in [1.29, 1.82) is 0 Å². The summed E-state index contributed by atoms with van der Waals surface area (Å²) in [6, 6.07) is 0. The van der Waals surface area contributed by atoms with Crippen molar-refractivity contribution in [1.82, 2.24) is 0 Å².